The number of ether oxygens (including phenoxy) is 4. The maximum absolute atomic E-state index is 12.5. The Labute approximate surface area is 182 Å². The number of nitrogens with zero attached hydrogens (tertiary/aromatic N) is 2. The normalized spacial score (nSPS) is 14.3. The van der Waals surface area contributed by atoms with Gasteiger partial charge in [0.1, 0.15) is 5.75 Å². The molecular weight excluding hydrogens is 408 g/mol. The van der Waals surface area contributed by atoms with Crippen molar-refractivity contribution in [1.29, 1.82) is 0 Å². The molecule has 162 valence electrons. The van der Waals surface area contributed by atoms with Gasteiger partial charge in [0.2, 0.25) is 5.75 Å². The monoisotopic (exact) mass is 434 g/mol. The maximum Gasteiger partial charge on any atom is 0.260 e. The van der Waals surface area contributed by atoms with Crippen LogP contribution >= 0.6 is 11.6 Å². The first-order valence-electron chi connectivity index (χ1n) is 9.72. The highest BCUT2D eigenvalue weighted by Crippen LogP contribution is 2.40. The van der Waals surface area contributed by atoms with Gasteiger partial charge in [-0.15, -0.1) is 0 Å². The zero-order valence-electron chi connectivity index (χ0n) is 17.5. The molecule has 0 N–H and O–H groups in total. The van der Waals surface area contributed by atoms with Gasteiger partial charge in [-0.1, -0.05) is 29.8 Å². The minimum Gasteiger partial charge on any atom is -0.493 e. The Balaban J connectivity index is 1.54. The minimum absolute atomic E-state index is 0.0206. The average molecular weight is 435 g/mol. The number of piperazine rings is 1. The summed E-state index contributed by atoms with van der Waals surface area (Å²) in [6, 6.07) is 11.0. The summed E-state index contributed by atoms with van der Waals surface area (Å²) < 4.78 is 22.0. The third kappa shape index (κ3) is 5.09. The third-order valence-corrected chi connectivity index (χ3v) is 5.40. The predicted molar refractivity (Wildman–Crippen MR) is 115 cm³/mol. The van der Waals surface area contributed by atoms with E-state index in [2.05, 4.69) is 4.90 Å². The smallest absolute Gasteiger partial charge is 0.260 e. The second-order valence-electron chi connectivity index (χ2n) is 6.87. The van der Waals surface area contributed by atoms with E-state index in [1.165, 1.54) is 0 Å². The van der Waals surface area contributed by atoms with Crippen LogP contribution in [0.3, 0.4) is 0 Å². The summed E-state index contributed by atoms with van der Waals surface area (Å²) in [5.74, 6) is 2.36. The topological polar surface area (TPSA) is 60.5 Å². The number of hydrogen-bond acceptors (Lipinski definition) is 6. The molecule has 0 aromatic heterocycles. The molecule has 0 bridgehead atoms. The van der Waals surface area contributed by atoms with Crippen LogP contribution < -0.4 is 18.9 Å². The van der Waals surface area contributed by atoms with Crippen molar-refractivity contribution in [1.82, 2.24) is 9.80 Å². The largest absolute Gasteiger partial charge is 0.493 e. The Hall–Kier alpha value is -2.64. The Morgan fingerprint density at radius 2 is 1.60 bits per heavy atom. The highest BCUT2D eigenvalue weighted by Gasteiger charge is 2.24. The quantitative estimate of drug-likeness (QED) is 0.636. The van der Waals surface area contributed by atoms with Crippen LogP contribution in [0, 0.1) is 0 Å². The first kappa shape index (κ1) is 22.1. The van der Waals surface area contributed by atoms with E-state index < -0.39 is 0 Å². The molecule has 0 unspecified atom stereocenters. The molecule has 0 aliphatic carbocycles. The molecule has 0 saturated carbocycles. The van der Waals surface area contributed by atoms with Gasteiger partial charge in [-0.2, -0.15) is 0 Å². The van der Waals surface area contributed by atoms with Gasteiger partial charge < -0.3 is 23.8 Å². The van der Waals surface area contributed by atoms with Crippen molar-refractivity contribution in [2.75, 3.05) is 54.1 Å². The Kier molecular flexibility index (Phi) is 7.65. The van der Waals surface area contributed by atoms with Crippen LogP contribution in [0.1, 0.15) is 5.56 Å². The maximum atomic E-state index is 12.5. The molecular formula is C22H27ClN2O5. The summed E-state index contributed by atoms with van der Waals surface area (Å²) in [6.45, 7) is 3.47. The number of methoxy groups -OCH3 is 3. The SMILES string of the molecule is COc1ccc(CN2CCN(C(=O)COc3ccccc3Cl)CC2)c(OC)c1OC. The predicted octanol–water partition coefficient (Wildman–Crippen LogP) is 3.09. The number of para-hydroxylation sites is 1. The van der Waals surface area contributed by atoms with Gasteiger partial charge in [-0.3, -0.25) is 9.69 Å². The number of rotatable bonds is 8. The molecule has 0 atom stereocenters. The van der Waals surface area contributed by atoms with Crippen LogP contribution in [-0.4, -0.2) is 69.8 Å². The first-order chi connectivity index (χ1) is 14.6. The fraction of sp³-hybridized carbons (Fsp3) is 0.409. The molecule has 7 nitrogen and oxygen atoms in total. The lowest BCUT2D eigenvalue weighted by molar-refractivity contribution is -0.135. The van der Waals surface area contributed by atoms with E-state index in [1.807, 2.05) is 29.2 Å². The van der Waals surface area contributed by atoms with E-state index in [4.69, 9.17) is 30.5 Å². The van der Waals surface area contributed by atoms with Gasteiger partial charge in [0, 0.05) is 38.3 Å². The van der Waals surface area contributed by atoms with Crippen molar-refractivity contribution in [2.45, 2.75) is 6.54 Å². The third-order valence-electron chi connectivity index (χ3n) is 5.09. The lowest BCUT2D eigenvalue weighted by Crippen LogP contribution is -2.49. The standard InChI is InChI=1S/C22H27ClN2O5/c1-27-19-9-8-16(21(28-2)22(19)29-3)14-24-10-12-25(13-11-24)20(26)15-30-18-7-5-4-6-17(18)23/h4-9H,10-15H2,1-3H3. The van der Waals surface area contributed by atoms with Crippen molar-refractivity contribution in [3.05, 3.63) is 47.0 Å². The molecule has 1 aliphatic heterocycles. The number of halogens is 1. The number of benzene rings is 2. The number of carbonyl (C=O) groups excluding carboxylic acids is 1. The fourth-order valence-electron chi connectivity index (χ4n) is 3.48. The summed E-state index contributed by atoms with van der Waals surface area (Å²) >= 11 is 6.07. The second kappa shape index (κ2) is 10.4. The molecule has 1 amide bonds. The summed E-state index contributed by atoms with van der Waals surface area (Å²) in [6.07, 6.45) is 0. The van der Waals surface area contributed by atoms with E-state index in [9.17, 15) is 4.79 Å². The van der Waals surface area contributed by atoms with Gasteiger partial charge in [-0.05, 0) is 18.2 Å². The summed E-state index contributed by atoms with van der Waals surface area (Å²) in [7, 11) is 4.82. The molecule has 30 heavy (non-hydrogen) atoms. The highest BCUT2D eigenvalue weighted by atomic mass is 35.5. The van der Waals surface area contributed by atoms with Crippen molar-refractivity contribution >= 4 is 17.5 Å². The van der Waals surface area contributed by atoms with Crippen LogP contribution in [0.15, 0.2) is 36.4 Å². The molecule has 1 fully saturated rings. The fourth-order valence-corrected chi connectivity index (χ4v) is 3.67. The van der Waals surface area contributed by atoms with Crippen molar-refractivity contribution < 1.29 is 23.7 Å². The molecule has 0 radical (unpaired) electrons. The van der Waals surface area contributed by atoms with Gasteiger partial charge in [0.05, 0.1) is 26.4 Å². The van der Waals surface area contributed by atoms with Crippen molar-refractivity contribution in [3.63, 3.8) is 0 Å². The number of carbonyl (C=O) groups is 1. The van der Waals surface area contributed by atoms with E-state index in [0.717, 1.165) is 18.7 Å². The molecule has 2 aromatic rings. The van der Waals surface area contributed by atoms with Gasteiger partial charge in [0.25, 0.3) is 5.91 Å². The Morgan fingerprint density at radius 3 is 2.23 bits per heavy atom. The van der Waals surface area contributed by atoms with Gasteiger partial charge >= 0.3 is 0 Å². The van der Waals surface area contributed by atoms with Crippen molar-refractivity contribution in [3.8, 4) is 23.0 Å². The van der Waals surface area contributed by atoms with Crippen molar-refractivity contribution in [2.24, 2.45) is 0 Å². The van der Waals surface area contributed by atoms with Crippen LogP contribution in [0.25, 0.3) is 0 Å². The molecule has 8 heteroatoms. The second-order valence-corrected chi connectivity index (χ2v) is 7.28. The molecule has 1 saturated heterocycles. The van der Waals surface area contributed by atoms with Crippen LogP contribution in [0.5, 0.6) is 23.0 Å². The van der Waals surface area contributed by atoms with E-state index in [1.54, 1.807) is 33.5 Å². The highest BCUT2D eigenvalue weighted by molar-refractivity contribution is 6.32. The molecule has 1 aliphatic rings. The average Bonchev–Trinajstić information content (AvgIpc) is 2.78. The first-order valence-corrected chi connectivity index (χ1v) is 10.1. The molecule has 2 aromatic carbocycles. The summed E-state index contributed by atoms with van der Waals surface area (Å²) in [5.41, 5.74) is 1.01. The lowest BCUT2D eigenvalue weighted by atomic mass is 10.1. The Morgan fingerprint density at radius 1 is 0.900 bits per heavy atom. The van der Waals surface area contributed by atoms with Crippen LogP contribution in [0.2, 0.25) is 5.02 Å². The molecule has 1 heterocycles. The number of amides is 1. The van der Waals surface area contributed by atoms with Crippen LogP contribution in [-0.2, 0) is 11.3 Å². The zero-order valence-corrected chi connectivity index (χ0v) is 18.3. The summed E-state index contributed by atoms with van der Waals surface area (Å²) in [4.78, 5) is 16.6. The van der Waals surface area contributed by atoms with Gasteiger partial charge in [0.15, 0.2) is 18.1 Å². The molecule has 0 spiro atoms. The van der Waals surface area contributed by atoms with E-state index in [0.29, 0.717) is 47.7 Å². The van der Waals surface area contributed by atoms with E-state index >= 15 is 0 Å². The van der Waals surface area contributed by atoms with E-state index in [-0.39, 0.29) is 12.5 Å². The number of hydrogen-bond donors (Lipinski definition) is 0. The van der Waals surface area contributed by atoms with Gasteiger partial charge in [-0.25, -0.2) is 0 Å². The summed E-state index contributed by atoms with van der Waals surface area (Å²) in [5, 5.41) is 0.499. The Bertz CT molecular complexity index is 869. The minimum atomic E-state index is -0.0433. The lowest BCUT2D eigenvalue weighted by Gasteiger charge is -2.35. The van der Waals surface area contributed by atoms with Crippen LogP contribution in [0.4, 0.5) is 0 Å². The molecule has 3 rings (SSSR count). The zero-order chi connectivity index (χ0) is 21.5.